The summed E-state index contributed by atoms with van der Waals surface area (Å²) in [7, 11) is -2.33. The second-order valence-corrected chi connectivity index (χ2v) is 11.0. The summed E-state index contributed by atoms with van der Waals surface area (Å²) in [5.41, 5.74) is 0.901. The standard InChI is InChI=1S/C24H31Cl2N3O5S/c1-6-16(2)27-24(31)17(3)28(14-18-7-9-22(34-4)10-8-18)23(30)15-29(35(5,32)33)21-12-19(25)11-20(26)13-21/h7-13,16-17H,6,14-15H2,1-5H3,(H,27,31)/t16-,17-/m0/s1. The number of methoxy groups -OCH3 is 1. The van der Waals surface area contributed by atoms with Gasteiger partial charge in [-0.1, -0.05) is 42.3 Å². The van der Waals surface area contributed by atoms with Crippen LogP contribution in [0.25, 0.3) is 0 Å². The molecule has 2 aromatic carbocycles. The lowest BCUT2D eigenvalue weighted by atomic mass is 10.1. The van der Waals surface area contributed by atoms with Crippen molar-refractivity contribution in [2.24, 2.45) is 0 Å². The summed E-state index contributed by atoms with van der Waals surface area (Å²) in [6.45, 7) is 4.98. The molecule has 192 valence electrons. The first kappa shape index (κ1) is 28.7. The van der Waals surface area contributed by atoms with Gasteiger partial charge in [-0.15, -0.1) is 0 Å². The zero-order valence-corrected chi connectivity index (χ0v) is 22.7. The van der Waals surface area contributed by atoms with E-state index in [0.717, 1.165) is 22.5 Å². The van der Waals surface area contributed by atoms with Crippen molar-refractivity contribution in [2.45, 2.75) is 45.8 Å². The lowest BCUT2D eigenvalue weighted by Gasteiger charge is -2.32. The van der Waals surface area contributed by atoms with Crippen molar-refractivity contribution in [2.75, 3.05) is 24.2 Å². The highest BCUT2D eigenvalue weighted by molar-refractivity contribution is 7.92. The van der Waals surface area contributed by atoms with Crippen LogP contribution in [0.3, 0.4) is 0 Å². The predicted octanol–water partition coefficient (Wildman–Crippen LogP) is 4.10. The van der Waals surface area contributed by atoms with Gasteiger partial charge in [0.2, 0.25) is 21.8 Å². The molecule has 1 N–H and O–H groups in total. The summed E-state index contributed by atoms with van der Waals surface area (Å²) in [6.07, 6.45) is 1.71. The first-order valence-electron chi connectivity index (χ1n) is 11.0. The zero-order valence-electron chi connectivity index (χ0n) is 20.4. The molecule has 0 radical (unpaired) electrons. The number of carbonyl (C=O) groups is 2. The van der Waals surface area contributed by atoms with Gasteiger partial charge in [0, 0.05) is 22.6 Å². The molecule has 0 unspecified atom stereocenters. The molecule has 0 aliphatic carbocycles. The van der Waals surface area contributed by atoms with E-state index in [4.69, 9.17) is 27.9 Å². The minimum atomic E-state index is -3.88. The van der Waals surface area contributed by atoms with Crippen LogP contribution in [-0.2, 0) is 26.2 Å². The zero-order chi connectivity index (χ0) is 26.3. The maximum absolute atomic E-state index is 13.5. The Labute approximate surface area is 217 Å². The average molecular weight is 545 g/mol. The molecule has 0 spiro atoms. The third kappa shape index (κ3) is 8.30. The highest BCUT2D eigenvalue weighted by Crippen LogP contribution is 2.27. The molecule has 2 aromatic rings. The van der Waals surface area contributed by atoms with E-state index in [-0.39, 0.29) is 34.2 Å². The Morgan fingerprint density at radius 1 is 1.06 bits per heavy atom. The molecular formula is C24H31Cl2N3O5S. The number of nitrogens with one attached hydrogen (secondary N) is 1. The number of nitrogens with zero attached hydrogens (tertiary/aromatic N) is 2. The van der Waals surface area contributed by atoms with E-state index >= 15 is 0 Å². The molecule has 0 saturated carbocycles. The summed E-state index contributed by atoms with van der Waals surface area (Å²) in [5.74, 6) is -0.248. The number of carbonyl (C=O) groups excluding carboxylic acids is 2. The Morgan fingerprint density at radius 3 is 2.11 bits per heavy atom. The van der Waals surface area contributed by atoms with Crippen molar-refractivity contribution in [3.63, 3.8) is 0 Å². The molecule has 0 aliphatic heterocycles. The van der Waals surface area contributed by atoms with Gasteiger partial charge in [-0.3, -0.25) is 13.9 Å². The van der Waals surface area contributed by atoms with Crippen LogP contribution in [0.1, 0.15) is 32.8 Å². The molecule has 11 heteroatoms. The van der Waals surface area contributed by atoms with Crippen LogP contribution in [-0.4, -0.2) is 57.1 Å². The number of benzene rings is 2. The Balaban J connectivity index is 2.41. The molecule has 0 bridgehead atoms. The topological polar surface area (TPSA) is 96.0 Å². The van der Waals surface area contributed by atoms with Gasteiger partial charge in [-0.2, -0.15) is 0 Å². The van der Waals surface area contributed by atoms with E-state index in [0.29, 0.717) is 5.75 Å². The molecule has 0 heterocycles. The number of rotatable bonds is 11. The Kier molecular flexibility index (Phi) is 10.2. The number of hydrogen-bond donors (Lipinski definition) is 1. The lowest BCUT2D eigenvalue weighted by molar-refractivity contribution is -0.139. The lowest BCUT2D eigenvalue weighted by Crippen LogP contribution is -2.52. The van der Waals surface area contributed by atoms with Gasteiger partial charge in [0.25, 0.3) is 0 Å². The van der Waals surface area contributed by atoms with Crippen LogP contribution < -0.4 is 14.4 Å². The van der Waals surface area contributed by atoms with Crippen LogP contribution in [0.5, 0.6) is 5.75 Å². The van der Waals surface area contributed by atoms with Crippen molar-refractivity contribution in [3.05, 3.63) is 58.1 Å². The molecule has 2 rings (SSSR count). The van der Waals surface area contributed by atoms with Gasteiger partial charge in [0.1, 0.15) is 18.3 Å². The summed E-state index contributed by atoms with van der Waals surface area (Å²) < 4.78 is 31.3. The molecule has 35 heavy (non-hydrogen) atoms. The minimum absolute atomic E-state index is 0.0796. The smallest absolute Gasteiger partial charge is 0.244 e. The van der Waals surface area contributed by atoms with Crippen LogP contribution in [0.2, 0.25) is 10.0 Å². The van der Waals surface area contributed by atoms with Gasteiger partial charge in [-0.05, 0) is 56.2 Å². The molecular weight excluding hydrogens is 513 g/mol. The first-order chi connectivity index (χ1) is 16.3. The van der Waals surface area contributed by atoms with Gasteiger partial charge >= 0.3 is 0 Å². The fourth-order valence-corrected chi connectivity index (χ4v) is 4.62. The maximum atomic E-state index is 13.5. The maximum Gasteiger partial charge on any atom is 0.244 e. The fourth-order valence-electron chi connectivity index (χ4n) is 3.27. The first-order valence-corrected chi connectivity index (χ1v) is 13.6. The normalized spacial score (nSPS) is 13.0. The van der Waals surface area contributed by atoms with Gasteiger partial charge < -0.3 is 15.0 Å². The molecule has 0 fully saturated rings. The number of anilines is 1. The van der Waals surface area contributed by atoms with Crippen molar-refractivity contribution >= 4 is 50.7 Å². The van der Waals surface area contributed by atoms with Crippen molar-refractivity contribution in [1.82, 2.24) is 10.2 Å². The van der Waals surface area contributed by atoms with Crippen molar-refractivity contribution in [1.29, 1.82) is 0 Å². The molecule has 2 amide bonds. The minimum Gasteiger partial charge on any atom is -0.497 e. The highest BCUT2D eigenvalue weighted by atomic mass is 35.5. The van der Waals surface area contributed by atoms with E-state index < -0.39 is 28.5 Å². The van der Waals surface area contributed by atoms with E-state index in [9.17, 15) is 18.0 Å². The molecule has 0 saturated heterocycles. The second kappa shape index (κ2) is 12.5. The quantitative estimate of drug-likeness (QED) is 0.460. The third-order valence-corrected chi connectivity index (χ3v) is 7.07. The molecule has 8 nitrogen and oxygen atoms in total. The SMILES string of the molecule is CC[C@H](C)NC(=O)[C@H](C)N(Cc1ccc(OC)cc1)C(=O)CN(c1cc(Cl)cc(Cl)c1)S(C)(=O)=O. The number of ether oxygens (including phenoxy) is 1. The summed E-state index contributed by atoms with van der Waals surface area (Å²) in [5, 5.41) is 3.33. The summed E-state index contributed by atoms with van der Waals surface area (Å²) >= 11 is 12.1. The van der Waals surface area contributed by atoms with E-state index in [2.05, 4.69) is 5.32 Å². The largest absolute Gasteiger partial charge is 0.497 e. The molecule has 2 atom stereocenters. The number of halogens is 2. The van der Waals surface area contributed by atoms with E-state index in [1.54, 1.807) is 38.3 Å². The molecule has 0 aromatic heterocycles. The highest BCUT2D eigenvalue weighted by Gasteiger charge is 2.30. The van der Waals surface area contributed by atoms with E-state index in [1.807, 2.05) is 13.8 Å². The Bertz CT molecular complexity index is 1120. The number of sulfonamides is 1. The van der Waals surface area contributed by atoms with E-state index in [1.165, 1.54) is 23.1 Å². The predicted molar refractivity (Wildman–Crippen MR) is 140 cm³/mol. The third-order valence-electron chi connectivity index (χ3n) is 5.49. The van der Waals surface area contributed by atoms with Crippen LogP contribution in [0.15, 0.2) is 42.5 Å². The van der Waals surface area contributed by atoms with Gasteiger partial charge in [0.15, 0.2) is 0 Å². The average Bonchev–Trinajstić information content (AvgIpc) is 2.79. The van der Waals surface area contributed by atoms with Crippen LogP contribution in [0.4, 0.5) is 5.69 Å². The number of hydrogen-bond acceptors (Lipinski definition) is 5. The summed E-state index contributed by atoms with van der Waals surface area (Å²) in [6, 6.07) is 10.4. The second-order valence-electron chi connectivity index (χ2n) is 8.26. The fraction of sp³-hybridized carbons (Fsp3) is 0.417. The van der Waals surface area contributed by atoms with Crippen molar-refractivity contribution in [3.8, 4) is 5.75 Å². The van der Waals surface area contributed by atoms with Crippen molar-refractivity contribution < 1.29 is 22.7 Å². The Morgan fingerprint density at radius 2 is 1.63 bits per heavy atom. The van der Waals surface area contributed by atoms with Crippen LogP contribution in [0, 0.1) is 0 Å². The van der Waals surface area contributed by atoms with Gasteiger partial charge in [0.05, 0.1) is 19.1 Å². The Hall–Kier alpha value is -2.49. The monoisotopic (exact) mass is 543 g/mol. The summed E-state index contributed by atoms with van der Waals surface area (Å²) in [4.78, 5) is 27.8. The number of amides is 2. The van der Waals surface area contributed by atoms with Gasteiger partial charge in [-0.25, -0.2) is 8.42 Å². The molecule has 0 aliphatic rings. The van der Waals surface area contributed by atoms with Crippen LogP contribution >= 0.6 is 23.2 Å².